The highest BCUT2D eigenvalue weighted by Crippen LogP contribution is 2.54. The quantitative estimate of drug-likeness (QED) is 0.508. The van der Waals surface area contributed by atoms with Crippen LogP contribution in [0.1, 0.15) is 61.3 Å². The van der Waals surface area contributed by atoms with E-state index in [1.165, 1.54) is 0 Å². The highest BCUT2D eigenvalue weighted by atomic mass is 28.4. The van der Waals surface area contributed by atoms with Crippen LogP contribution in [-0.4, -0.2) is 14.3 Å². The van der Waals surface area contributed by atoms with Gasteiger partial charge >= 0.3 is 0 Å². The molecule has 2 nitrogen and oxygen atoms in total. The van der Waals surface area contributed by atoms with Crippen LogP contribution in [-0.2, 0) is 9.22 Å². The molecule has 0 radical (unpaired) electrons. The Morgan fingerprint density at radius 2 is 1.62 bits per heavy atom. The first-order valence-corrected chi connectivity index (χ1v) is 10.7. The van der Waals surface area contributed by atoms with Crippen LogP contribution in [0.2, 0.25) is 16.6 Å². The fraction of sp³-hybridized carbons (Fsp3) is 0.833. The maximum Gasteiger partial charge on any atom is 0.299 e. The number of allylic oxidation sites excluding steroid dienone is 2. The van der Waals surface area contributed by atoms with Crippen LogP contribution in [0.4, 0.5) is 0 Å². The number of carbonyl (C=O) groups excluding carboxylic acids is 1. The van der Waals surface area contributed by atoms with Gasteiger partial charge in [0.05, 0.1) is 5.41 Å². The molecule has 21 heavy (non-hydrogen) atoms. The summed E-state index contributed by atoms with van der Waals surface area (Å²) in [6, 6.07) is 0. The van der Waals surface area contributed by atoms with Crippen molar-refractivity contribution in [3.8, 4) is 0 Å². The Bertz CT molecular complexity index is 417. The summed E-state index contributed by atoms with van der Waals surface area (Å²) in [7, 11) is -2.11. The Hall–Kier alpha value is -0.573. The van der Waals surface area contributed by atoms with Crippen LogP contribution in [0.5, 0.6) is 0 Å². The monoisotopic (exact) mass is 308 g/mol. The molecule has 0 aliphatic heterocycles. The van der Waals surface area contributed by atoms with Crippen molar-refractivity contribution in [3.63, 3.8) is 0 Å². The fourth-order valence-corrected chi connectivity index (χ4v) is 10.2. The first-order chi connectivity index (χ1) is 9.64. The molecule has 1 saturated carbocycles. The molecular weight excluding hydrogens is 276 g/mol. The summed E-state index contributed by atoms with van der Waals surface area (Å²) in [6.07, 6.45) is 6.66. The topological polar surface area (TPSA) is 26.3 Å². The van der Waals surface area contributed by atoms with Crippen molar-refractivity contribution < 1.29 is 9.22 Å². The Morgan fingerprint density at radius 1 is 1.10 bits per heavy atom. The van der Waals surface area contributed by atoms with E-state index in [1.54, 1.807) is 0 Å². The van der Waals surface area contributed by atoms with E-state index >= 15 is 0 Å². The molecule has 120 valence electrons. The highest BCUT2D eigenvalue weighted by molar-refractivity contribution is 6.79. The third kappa shape index (κ3) is 2.52. The van der Waals surface area contributed by atoms with Gasteiger partial charge in [0, 0.05) is 0 Å². The van der Waals surface area contributed by atoms with Gasteiger partial charge in [-0.1, -0.05) is 53.7 Å². The lowest BCUT2D eigenvalue weighted by atomic mass is 9.78. The smallest absolute Gasteiger partial charge is 0.299 e. The van der Waals surface area contributed by atoms with E-state index in [1.807, 2.05) is 0 Å². The van der Waals surface area contributed by atoms with Crippen molar-refractivity contribution in [2.45, 2.75) is 77.9 Å². The van der Waals surface area contributed by atoms with Gasteiger partial charge in [0.25, 0.3) is 14.3 Å². The van der Waals surface area contributed by atoms with Gasteiger partial charge in [-0.05, 0) is 48.2 Å². The Labute approximate surface area is 131 Å². The van der Waals surface area contributed by atoms with Crippen molar-refractivity contribution in [1.29, 1.82) is 0 Å². The molecule has 3 atom stereocenters. The first kappa shape index (κ1) is 16.8. The highest BCUT2D eigenvalue weighted by Gasteiger charge is 2.55. The molecule has 2 rings (SSSR count). The van der Waals surface area contributed by atoms with Crippen molar-refractivity contribution in [1.82, 2.24) is 0 Å². The largest absolute Gasteiger partial charge is 0.518 e. The number of hydrogen-bond donors (Lipinski definition) is 0. The van der Waals surface area contributed by atoms with Gasteiger partial charge in [-0.25, -0.2) is 0 Å². The van der Waals surface area contributed by atoms with Crippen LogP contribution in [0.25, 0.3) is 0 Å². The van der Waals surface area contributed by atoms with Crippen molar-refractivity contribution in [3.05, 3.63) is 12.2 Å². The molecule has 0 spiro atoms. The minimum absolute atomic E-state index is 0.0853. The maximum absolute atomic E-state index is 13.1. The number of rotatable bonds is 5. The molecule has 0 aromatic heterocycles. The second-order valence-corrected chi connectivity index (χ2v) is 13.7. The lowest BCUT2D eigenvalue weighted by molar-refractivity contribution is -0.147. The number of carbonyl (C=O) groups is 1. The van der Waals surface area contributed by atoms with E-state index in [4.69, 9.17) is 4.43 Å². The van der Waals surface area contributed by atoms with E-state index in [2.05, 4.69) is 60.6 Å². The Balaban J connectivity index is 2.25. The molecule has 3 unspecified atom stereocenters. The second-order valence-electron chi connectivity index (χ2n) is 8.32. The van der Waals surface area contributed by atoms with Gasteiger partial charge in [-0.3, -0.25) is 4.79 Å². The molecule has 2 aliphatic carbocycles. The molecule has 0 N–H and O–H groups in total. The third-order valence-corrected chi connectivity index (χ3v) is 12.1. The van der Waals surface area contributed by atoms with Gasteiger partial charge in [-0.15, -0.1) is 0 Å². The second kappa shape index (κ2) is 5.57. The summed E-state index contributed by atoms with van der Waals surface area (Å²) in [5.41, 5.74) is 1.09. The van der Waals surface area contributed by atoms with Crippen molar-refractivity contribution in [2.24, 2.45) is 17.3 Å². The zero-order valence-corrected chi connectivity index (χ0v) is 15.8. The number of fused-ring (bicyclic) bond motifs is 2. The van der Waals surface area contributed by atoms with Crippen LogP contribution in [0.15, 0.2) is 12.2 Å². The van der Waals surface area contributed by atoms with Crippen LogP contribution in [0, 0.1) is 17.3 Å². The molecule has 1 fully saturated rings. The van der Waals surface area contributed by atoms with Crippen LogP contribution < -0.4 is 0 Å². The van der Waals surface area contributed by atoms with Gasteiger partial charge in [0.1, 0.15) is 0 Å². The van der Waals surface area contributed by atoms with Gasteiger partial charge in [-0.2, -0.15) is 0 Å². The van der Waals surface area contributed by atoms with E-state index in [0.717, 1.165) is 12.8 Å². The third-order valence-electron chi connectivity index (χ3n) is 6.12. The van der Waals surface area contributed by atoms with Gasteiger partial charge in [0.2, 0.25) is 0 Å². The zero-order valence-electron chi connectivity index (χ0n) is 14.8. The Kier molecular flexibility index (Phi) is 4.45. The summed E-state index contributed by atoms with van der Waals surface area (Å²) >= 11 is 0. The maximum atomic E-state index is 13.1. The molecule has 0 amide bonds. The minimum atomic E-state index is -2.11. The summed E-state index contributed by atoms with van der Waals surface area (Å²) in [6.45, 7) is 15.6. The predicted molar refractivity (Wildman–Crippen MR) is 90.6 cm³/mol. The molecule has 0 saturated heterocycles. The normalized spacial score (nSPS) is 31.7. The SMILES string of the molecule is CC(C)[Si](OC(=O)C1(C)CC2C=CC1C2)(C(C)C)C(C)C. The molecule has 3 heteroatoms. The average Bonchev–Trinajstić information content (AvgIpc) is 2.94. The summed E-state index contributed by atoms with van der Waals surface area (Å²) in [5.74, 6) is 1.08. The van der Waals surface area contributed by atoms with E-state index in [-0.39, 0.29) is 11.4 Å². The summed E-state index contributed by atoms with van der Waals surface area (Å²) in [5, 5.41) is 0. The molecule has 2 aliphatic rings. The minimum Gasteiger partial charge on any atom is -0.518 e. The van der Waals surface area contributed by atoms with Crippen molar-refractivity contribution >= 4 is 14.3 Å². The standard InChI is InChI=1S/C18H32O2Si/c1-12(2)21(13(3)4,14(5)6)20-17(19)18(7)11-15-8-9-16(18)10-15/h8-9,12-16H,10-11H2,1-7H3. The zero-order chi connectivity index (χ0) is 16.0. The van der Waals surface area contributed by atoms with Gasteiger partial charge in [0.15, 0.2) is 0 Å². The molecular formula is C18H32O2Si. The lowest BCUT2D eigenvalue weighted by Crippen LogP contribution is -2.52. The molecule has 0 heterocycles. The first-order valence-electron chi connectivity index (χ1n) is 8.56. The van der Waals surface area contributed by atoms with Crippen LogP contribution >= 0.6 is 0 Å². The molecule has 2 bridgehead atoms. The fourth-order valence-electron chi connectivity index (χ4n) is 4.96. The van der Waals surface area contributed by atoms with Crippen LogP contribution in [0.3, 0.4) is 0 Å². The summed E-state index contributed by atoms with van der Waals surface area (Å²) < 4.78 is 6.43. The van der Waals surface area contributed by atoms with E-state index in [0.29, 0.717) is 28.5 Å². The Morgan fingerprint density at radius 3 is 1.95 bits per heavy atom. The van der Waals surface area contributed by atoms with E-state index in [9.17, 15) is 4.79 Å². The van der Waals surface area contributed by atoms with E-state index < -0.39 is 8.32 Å². The summed E-state index contributed by atoms with van der Waals surface area (Å²) in [4.78, 5) is 13.1. The van der Waals surface area contributed by atoms with Crippen molar-refractivity contribution in [2.75, 3.05) is 0 Å². The van der Waals surface area contributed by atoms with Gasteiger partial charge < -0.3 is 4.43 Å². The molecule has 0 aromatic carbocycles. The number of hydrogen-bond acceptors (Lipinski definition) is 2. The predicted octanol–water partition coefficient (Wildman–Crippen LogP) is 5.31. The molecule has 0 aromatic rings. The average molecular weight is 309 g/mol. The lowest BCUT2D eigenvalue weighted by Gasteiger charge is -2.44.